The first kappa shape index (κ1) is 15.7. The Balaban J connectivity index is 2.14. The van der Waals surface area contributed by atoms with Crippen molar-refractivity contribution >= 4 is 5.91 Å². The van der Waals surface area contributed by atoms with E-state index in [-0.39, 0.29) is 5.91 Å². The smallest absolute Gasteiger partial charge is 0.227 e. The van der Waals surface area contributed by atoms with Crippen LogP contribution >= 0.6 is 0 Å². The molecule has 1 fully saturated rings. The van der Waals surface area contributed by atoms with Crippen molar-refractivity contribution in [2.45, 2.75) is 39.0 Å². The molecule has 1 aromatic rings. The number of hydrogen-bond donors (Lipinski definition) is 0. The van der Waals surface area contributed by atoms with E-state index in [9.17, 15) is 4.79 Å². The summed E-state index contributed by atoms with van der Waals surface area (Å²) in [5, 5.41) is 0. The third kappa shape index (κ3) is 3.69. The first-order chi connectivity index (χ1) is 10.2. The summed E-state index contributed by atoms with van der Waals surface area (Å²) in [4.78, 5) is 14.5. The van der Waals surface area contributed by atoms with Gasteiger partial charge in [-0.1, -0.05) is 18.9 Å². The second-order valence-corrected chi connectivity index (χ2v) is 5.56. The van der Waals surface area contributed by atoms with Gasteiger partial charge in [0.1, 0.15) is 11.5 Å². The van der Waals surface area contributed by atoms with Gasteiger partial charge in [-0.3, -0.25) is 4.79 Å². The summed E-state index contributed by atoms with van der Waals surface area (Å²) < 4.78 is 10.8. The molecule has 1 saturated heterocycles. The molecule has 4 nitrogen and oxygen atoms in total. The van der Waals surface area contributed by atoms with E-state index in [4.69, 9.17) is 9.47 Å². The molecule has 1 heterocycles. The van der Waals surface area contributed by atoms with Crippen molar-refractivity contribution in [2.24, 2.45) is 0 Å². The standard InChI is InChI=1S/C17H25NO3/c1-13-15(20-2)9-8-14(17(13)21-3)12-16(19)18-10-6-4-5-7-11-18/h8-9H,4-7,10-12H2,1-3H3. The molecule has 1 aliphatic heterocycles. The van der Waals surface area contributed by atoms with Crippen LogP contribution in [0.3, 0.4) is 0 Å². The van der Waals surface area contributed by atoms with Crippen molar-refractivity contribution < 1.29 is 14.3 Å². The highest BCUT2D eigenvalue weighted by Crippen LogP contribution is 2.31. The van der Waals surface area contributed by atoms with Crippen LogP contribution in [0.4, 0.5) is 0 Å². The van der Waals surface area contributed by atoms with Gasteiger partial charge >= 0.3 is 0 Å². The average Bonchev–Trinajstić information content (AvgIpc) is 2.77. The maximum atomic E-state index is 12.5. The van der Waals surface area contributed by atoms with Crippen LogP contribution < -0.4 is 9.47 Å². The second kappa shape index (κ2) is 7.34. The molecule has 0 saturated carbocycles. The van der Waals surface area contributed by atoms with Crippen molar-refractivity contribution in [1.29, 1.82) is 0 Å². The lowest BCUT2D eigenvalue weighted by Crippen LogP contribution is -2.33. The zero-order valence-electron chi connectivity index (χ0n) is 13.3. The Bertz CT molecular complexity index is 491. The van der Waals surface area contributed by atoms with Gasteiger partial charge < -0.3 is 14.4 Å². The molecule has 1 aromatic carbocycles. The maximum absolute atomic E-state index is 12.5. The minimum atomic E-state index is 0.194. The molecule has 0 aliphatic carbocycles. The van der Waals surface area contributed by atoms with Gasteiger partial charge in [0, 0.05) is 24.2 Å². The van der Waals surface area contributed by atoms with Crippen LogP contribution in [0.25, 0.3) is 0 Å². The van der Waals surface area contributed by atoms with Gasteiger partial charge in [0.05, 0.1) is 20.6 Å². The molecule has 21 heavy (non-hydrogen) atoms. The lowest BCUT2D eigenvalue weighted by atomic mass is 10.0. The highest BCUT2D eigenvalue weighted by atomic mass is 16.5. The Morgan fingerprint density at radius 1 is 1.10 bits per heavy atom. The van der Waals surface area contributed by atoms with E-state index < -0.39 is 0 Å². The summed E-state index contributed by atoms with van der Waals surface area (Å²) in [6.45, 7) is 3.73. The number of ether oxygens (including phenoxy) is 2. The van der Waals surface area contributed by atoms with Crippen LogP contribution in [-0.2, 0) is 11.2 Å². The zero-order valence-corrected chi connectivity index (χ0v) is 13.3. The number of rotatable bonds is 4. The Morgan fingerprint density at radius 3 is 2.33 bits per heavy atom. The number of amides is 1. The summed E-state index contributed by atoms with van der Waals surface area (Å²) in [6.07, 6.45) is 5.09. The van der Waals surface area contributed by atoms with E-state index in [2.05, 4.69) is 0 Å². The molecule has 0 atom stereocenters. The van der Waals surface area contributed by atoms with Gasteiger partial charge in [0.2, 0.25) is 5.91 Å². The third-order valence-corrected chi connectivity index (χ3v) is 4.16. The summed E-state index contributed by atoms with van der Waals surface area (Å²) in [5.41, 5.74) is 1.88. The Hall–Kier alpha value is -1.71. The van der Waals surface area contributed by atoms with E-state index in [1.54, 1.807) is 14.2 Å². The van der Waals surface area contributed by atoms with Gasteiger partial charge in [-0.25, -0.2) is 0 Å². The molecule has 0 bridgehead atoms. The predicted octanol–water partition coefficient (Wildman–Crippen LogP) is 2.96. The zero-order chi connectivity index (χ0) is 15.2. The first-order valence-electron chi connectivity index (χ1n) is 7.65. The number of benzene rings is 1. The maximum Gasteiger partial charge on any atom is 0.227 e. The van der Waals surface area contributed by atoms with Crippen LogP contribution in [-0.4, -0.2) is 38.1 Å². The Kier molecular flexibility index (Phi) is 5.48. The van der Waals surface area contributed by atoms with E-state index in [1.807, 2.05) is 24.0 Å². The summed E-state index contributed by atoms with van der Waals surface area (Å²) in [6, 6.07) is 3.84. The Labute approximate surface area is 127 Å². The third-order valence-electron chi connectivity index (χ3n) is 4.16. The largest absolute Gasteiger partial charge is 0.496 e. The molecule has 1 amide bonds. The molecule has 0 aromatic heterocycles. The van der Waals surface area contributed by atoms with E-state index >= 15 is 0 Å². The molecular weight excluding hydrogens is 266 g/mol. The van der Waals surface area contributed by atoms with Crippen molar-refractivity contribution in [3.05, 3.63) is 23.3 Å². The van der Waals surface area contributed by atoms with Gasteiger partial charge in [-0.2, -0.15) is 0 Å². The fraction of sp³-hybridized carbons (Fsp3) is 0.588. The van der Waals surface area contributed by atoms with E-state index in [0.717, 1.165) is 48.6 Å². The van der Waals surface area contributed by atoms with Gasteiger partial charge in [-0.05, 0) is 25.8 Å². The quantitative estimate of drug-likeness (QED) is 0.856. The van der Waals surface area contributed by atoms with Crippen LogP contribution in [0.15, 0.2) is 12.1 Å². The number of carbonyl (C=O) groups is 1. The number of likely N-dealkylation sites (tertiary alicyclic amines) is 1. The fourth-order valence-corrected chi connectivity index (χ4v) is 2.97. The summed E-state index contributed by atoms with van der Waals surface area (Å²) in [5.74, 6) is 1.75. The minimum absolute atomic E-state index is 0.194. The normalized spacial score (nSPS) is 15.5. The summed E-state index contributed by atoms with van der Waals surface area (Å²) in [7, 11) is 3.28. The second-order valence-electron chi connectivity index (χ2n) is 5.56. The van der Waals surface area contributed by atoms with Crippen molar-refractivity contribution in [3.63, 3.8) is 0 Å². The number of methoxy groups -OCH3 is 2. The molecule has 0 radical (unpaired) electrons. The lowest BCUT2D eigenvalue weighted by Gasteiger charge is -2.21. The SMILES string of the molecule is COc1ccc(CC(=O)N2CCCCCC2)c(OC)c1C. The number of carbonyl (C=O) groups excluding carboxylic acids is 1. The molecule has 0 spiro atoms. The predicted molar refractivity (Wildman–Crippen MR) is 83.0 cm³/mol. The molecular formula is C17H25NO3. The molecule has 0 N–H and O–H groups in total. The van der Waals surface area contributed by atoms with Crippen molar-refractivity contribution in [2.75, 3.05) is 27.3 Å². The number of nitrogens with zero attached hydrogens (tertiary/aromatic N) is 1. The molecule has 116 valence electrons. The monoisotopic (exact) mass is 291 g/mol. The number of hydrogen-bond acceptors (Lipinski definition) is 3. The Morgan fingerprint density at radius 2 is 1.76 bits per heavy atom. The average molecular weight is 291 g/mol. The van der Waals surface area contributed by atoms with E-state index in [1.165, 1.54) is 12.8 Å². The fourth-order valence-electron chi connectivity index (χ4n) is 2.97. The summed E-state index contributed by atoms with van der Waals surface area (Å²) >= 11 is 0. The van der Waals surface area contributed by atoms with Crippen LogP contribution in [0.2, 0.25) is 0 Å². The molecule has 2 rings (SSSR count). The van der Waals surface area contributed by atoms with Crippen LogP contribution in [0, 0.1) is 6.92 Å². The molecule has 1 aliphatic rings. The van der Waals surface area contributed by atoms with Crippen molar-refractivity contribution in [1.82, 2.24) is 4.90 Å². The first-order valence-corrected chi connectivity index (χ1v) is 7.65. The molecule has 4 heteroatoms. The lowest BCUT2D eigenvalue weighted by molar-refractivity contribution is -0.130. The highest BCUT2D eigenvalue weighted by Gasteiger charge is 2.19. The molecule has 0 unspecified atom stereocenters. The highest BCUT2D eigenvalue weighted by molar-refractivity contribution is 5.80. The van der Waals surface area contributed by atoms with Gasteiger partial charge in [-0.15, -0.1) is 0 Å². The topological polar surface area (TPSA) is 38.8 Å². The van der Waals surface area contributed by atoms with Crippen LogP contribution in [0.5, 0.6) is 11.5 Å². The van der Waals surface area contributed by atoms with Gasteiger partial charge in [0.25, 0.3) is 0 Å². The van der Waals surface area contributed by atoms with Gasteiger partial charge in [0.15, 0.2) is 0 Å². The van der Waals surface area contributed by atoms with Crippen molar-refractivity contribution in [3.8, 4) is 11.5 Å². The van der Waals surface area contributed by atoms with E-state index in [0.29, 0.717) is 6.42 Å². The van der Waals surface area contributed by atoms with Crippen LogP contribution in [0.1, 0.15) is 36.8 Å². The minimum Gasteiger partial charge on any atom is -0.496 e.